The highest BCUT2D eigenvalue weighted by atomic mass is 32.2. The summed E-state index contributed by atoms with van der Waals surface area (Å²) in [6, 6.07) is 12.4. The number of methoxy groups -OCH3 is 2. The summed E-state index contributed by atoms with van der Waals surface area (Å²) in [5.41, 5.74) is 2.31. The third-order valence-electron chi connectivity index (χ3n) is 4.83. The van der Waals surface area contributed by atoms with Gasteiger partial charge in [-0.25, -0.2) is 8.42 Å². The number of carbonyl (C=O) groups is 1. The van der Waals surface area contributed by atoms with Crippen LogP contribution in [0.5, 0.6) is 11.5 Å². The third-order valence-corrected chi connectivity index (χ3v) is 6.01. The Hall–Kier alpha value is -2.74. The van der Waals surface area contributed by atoms with Crippen LogP contribution in [0.25, 0.3) is 0 Å². The van der Waals surface area contributed by atoms with Crippen molar-refractivity contribution in [2.24, 2.45) is 0 Å². The van der Waals surface area contributed by atoms with E-state index in [0.717, 1.165) is 11.1 Å². The molecule has 7 nitrogen and oxygen atoms in total. The van der Waals surface area contributed by atoms with Gasteiger partial charge in [-0.05, 0) is 50.1 Å². The van der Waals surface area contributed by atoms with Gasteiger partial charge >= 0.3 is 0 Å². The van der Waals surface area contributed by atoms with Crippen LogP contribution in [-0.4, -0.2) is 41.3 Å². The van der Waals surface area contributed by atoms with Gasteiger partial charge < -0.3 is 14.8 Å². The Balaban J connectivity index is 2.01. The van der Waals surface area contributed by atoms with Crippen molar-refractivity contribution >= 4 is 21.6 Å². The van der Waals surface area contributed by atoms with Crippen molar-refractivity contribution in [2.75, 3.05) is 31.3 Å². The van der Waals surface area contributed by atoms with Gasteiger partial charge in [0, 0.05) is 18.5 Å². The summed E-state index contributed by atoms with van der Waals surface area (Å²) in [6.45, 7) is 3.96. The fourth-order valence-corrected chi connectivity index (χ4v) is 4.28. The number of ether oxygens (including phenoxy) is 2. The largest absolute Gasteiger partial charge is 0.497 e. The fraction of sp³-hybridized carbons (Fsp3) is 0.409. The Kier molecular flexibility index (Phi) is 8.11. The minimum Gasteiger partial charge on any atom is -0.497 e. The van der Waals surface area contributed by atoms with Crippen molar-refractivity contribution < 1.29 is 22.7 Å². The Labute approximate surface area is 179 Å². The molecule has 164 valence electrons. The number of nitrogens with one attached hydrogen (secondary N) is 1. The molecule has 2 rings (SSSR count). The van der Waals surface area contributed by atoms with E-state index in [0.29, 0.717) is 23.6 Å². The van der Waals surface area contributed by atoms with E-state index in [4.69, 9.17) is 9.47 Å². The second-order valence-corrected chi connectivity index (χ2v) is 9.03. The zero-order valence-electron chi connectivity index (χ0n) is 18.1. The summed E-state index contributed by atoms with van der Waals surface area (Å²) < 4.78 is 36.5. The van der Waals surface area contributed by atoms with E-state index in [1.807, 2.05) is 32.0 Å². The molecular formula is C22H30N2O5S. The number of hydrogen-bond donors (Lipinski definition) is 1. The second-order valence-electron chi connectivity index (χ2n) is 7.12. The van der Waals surface area contributed by atoms with Crippen molar-refractivity contribution in [1.29, 1.82) is 0 Å². The Bertz CT molecular complexity index is 975. The first kappa shape index (κ1) is 23.5. The lowest BCUT2D eigenvalue weighted by atomic mass is 10.1. The van der Waals surface area contributed by atoms with Gasteiger partial charge in [-0.3, -0.25) is 9.10 Å². The highest BCUT2D eigenvalue weighted by Crippen LogP contribution is 2.29. The van der Waals surface area contributed by atoms with Crippen LogP contribution in [0.3, 0.4) is 0 Å². The summed E-state index contributed by atoms with van der Waals surface area (Å²) >= 11 is 0. The summed E-state index contributed by atoms with van der Waals surface area (Å²) in [7, 11) is -0.295. The summed E-state index contributed by atoms with van der Waals surface area (Å²) in [5.74, 6) is 1.17. The number of para-hydroxylation sites is 1. The van der Waals surface area contributed by atoms with Gasteiger partial charge in [0.2, 0.25) is 15.9 Å². The van der Waals surface area contributed by atoms with Crippen molar-refractivity contribution in [2.45, 2.75) is 32.7 Å². The first-order valence-electron chi connectivity index (χ1n) is 9.72. The zero-order chi connectivity index (χ0) is 22.3. The van der Waals surface area contributed by atoms with Gasteiger partial charge in [-0.2, -0.15) is 0 Å². The summed E-state index contributed by atoms with van der Waals surface area (Å²) in [6.07, 6.45) is 1.78. The average molecular weight is 435 g/mol. The minimum absolute atomic E-state index is 0.161. The predicted molar refractivity (Wildman–Crippen MR) is 119 cm³/mol. The number of nitrogens with zero attached hydrogens (tertiary/aromatic N) is 1. The van der Waals surface area contributed by atoms with Crippen molar-refractivity contribution in [3.05, 3.63) is 53.6 Å². The zero-order valence-corrected chi connectivity index (χ0v) is 19.0. The van der Waals surface area contributed by atoms with Crippen LogP contribution in [0.15, 0.2) is 42.5 Å². The van der Waals surface area contributed by atoms with Crippen LogP contribution in [0.4, 0.5) is 5.69 Å². The monoisotopic (exact) mass is 434 g/mol. The molecule has 0 radical (unpaired) electrons. The van der Waals surface area contributed by atoms with E-state index in [2.05, 4.69) is 5.32 Å². The second kappa shape index (κ2) is 10.3. The van der Waals surface area contributed by atoms with Gasteiger partial charge in [-0.1, -0.05) is 18.2 Å². The number of carbonyl (C=O) groups excluding carboxylic acids is 1. The number of hydrogen-bond acceptors (Lipinski definition) is 5. The van der Waals surface area contributed by atoms with Gasteiger partial charge in [-0.15, -0.1) is 0 Å². The van der Waals surface area contributed by atoms with E-state index in [9.17, 15) is 13.2 Å². The minimum atomic E-state index is -3.45. The standard InChI is InChI=1S/C22H30N2O5S/c1-16-9-6-7-10-20(16)24(30(5,26)27)14-8-11-22(25)23-17(2)19-15-18(28-3)12-13-21(19)29-4/h6-7,9-10,12-13,15,17H,8,11,14H2,1-5H3,(H,23,25)/t17-/m0/s1. The third kappa shape index (κ3) is 6.13. The molecule has 0 saturated carbocycles. The maximum absolute atomic E-state index is 12.5. The molecule has 30 heavy (non-hydrogen) atoms. The lowest BCUT2D eigenvalue weighted by Crippen LogP contribution is -2.33. The molecule has 0 aromatic heterocycles. The van der Waals surface area contributed by atoms with Crippen molar-refractivity contribution in [3.8, 4) is 11.5 Å². The quantitative estimate of drug-likeness (QED) is 0.619. The van der Waals surface area contributed by atoms with Crippen LogP contribution in [-0.2, 0) is 14.8 Å². The maximum Gasteiger partial charge on any atom is 0.232 e. The van der Waals surface area contributed by atoms with Crippen LogP contribution in [0.1, 0.15) is 36.9 Å². The molecule has 2 aromatic rings. The maximum atomic E-state index is 12.5. The number of benzene rings is 2. The smallest absolute Gasteiger partial charge is 0.232 e. The van der Waals surface area contributed by atoms with Crippen LogP contribution >= 0.6 is 0 Å². The van der Waals surface area contributed by atoms with Gasteiger partial charge in [0.1, 0.15) is 11.5 Å². The van der Waals surface area contributed by atoms with E-state index >= 15 is 0 Å². The predicted octanol–water partition coefficient (Wildman–Crippen LogP) is 3.44. The Morgan fingerprint density at radius 2 is 1.83 bits per heavy atom. The van der Waals surface area contributed by atoms with E-state index in [-0.39, 0.29) is 24.9 Å². The first-order chi connectivity index (χ1) is 14.2. The first-order valence-corrected chi connectivity index (χ1v) is 11.6. The Morgan fingerprint density at radius 1 is 1.13 bits per heavy atom. The number of rotatable bonds is 10. The summed E-state index contributed by atoms with van der Waals surface area (Å²) in [5, 5.41) is 2.94. The molecule has 0 saturated heterocycles. The van der Waals surface area contributed by atoms with Crippen molar-refractivity contribution in [3.63, 3.8) is 0 Å². The molecular weight excluding hydrogens is 404 g/mol. The number of aryl methyl sites for hydroxylation is 1. The molecule has 0 aliphatic carbocycles. The fourth-order valence-electron chi connectivity index (χ4n) is 3.26. The van der Waals surface area contributed by atoms with Crippen LogP contribution in [0.2, 0.25) is 0 Å². The topological polar surface area (TPSA) is 84.9 Å². The molecule has 8 heteroatoms. The molecule has 2 aromatic carbocycles. The molecule has 0 spiro atoms. The number of sulfonamides is 1. The molecule has 0 bridgehead atoms. The van der Waals surface area contributed by atoms with Crippen molar-refractivity contribution in [1.82, 2.24) is 5.32 Å². The average Bonchev–Trinajstić information content (AvgIpc) is 2.70. The highest BCUT2D eigenvalue weighted by Gasteiger charge is 2.20. The lowest BCUT2D eigenvalue weighted by Gasteiger charge is -2.24. The molecule has 1 N–H and O–H groups in total. The molecule has 0 unspecified atom stereocenters. The lowest BCUT2D eigenvalue weighted by molar-refractivity contribution is -0.121. The van der Waals surface area contributed by atoms with E-state index in [1.165, 1.54) is 10.6 Å². The summed E-state index contributed by atoms with van der Waals surface area (Å²) in [4.78, 5) is 12.5. The SMILES string of the molecule is COc1ccc(OC)c([C@H](C)NC(=O)CCCN(c2ccccc2C)S(C)(=O)=O)c1. The number of amides is 1. The molecule has 1 atom stereocenters. The van der Waals surface area contributed by atoms with E-state index in [1.54, 1.807) is 38.5 Å². The van der Waals surface area contributed by atoms with Crippen LogP contribution < -0.4 is 19.1 Å². The molecule has 0 fully saturated rings. The molecule has 0 aliphatic heterocycles. The highest BCUT2D eigenvalue weighted by molar-refractivity contribution is 7.92. The van der Waals surface area contributed by atoms with Gasteiger partial charge in [0.25, 0.3) is 0 Å². The normalized spacial score (nSPS) is 12.2. The van der Waals surface area contributed by atoms with Crippen LogP contribution in [0, 0.1) is 6.92 Å². The van der Waals surface area contributed by atoms with Gasteiger partial charge in [0.05, 0.1) is 32.2 Å². The van der Waals surface area contributed by atoms with Gasteiger partial charge in [0.15, 0.2) is 0 Å². The molecule has 0 aliphatic rings. The van der Waals surface area contributed by atoms with E-state index < -0.39 is 10.0 Å². The number of anilines is 1. The Morgan fingerprint density at radius 3 is 2.43 bits per heavy atom. The molecule has 0 heterocycles. The molecule has 1 amide bonds.